The number of nitrogens with zero attached hydrogens (tertiary/aromatic N) is 1. The molecule has 0 heterocycles. The number of carbonyl (C=O) groups is 1. The van der Waals surface area contributed by atoms with Crippen LogP contribution < -0.4 is 22.1 Å². The summed E-state index contributed by atoms with van der Waals surface area (Å²) in [5, 5.41) is 31.2. The Bertz CT molecular complexity index is 442. The largest absolute Gasteiger partial charge is 1.00 e. The fourth-order valence-corrected chi connectivity index (χ4v) is 5.10. The summed E-state index contributed by atoms with van der Waals surface area (Å²) in [6.45, 7) is 9.45. The second-order valence-corrected chi connectivity index (χ2v) is 9.45. The molecule has 0 aromatic heterocycles. The number of carboxylic acid groups (broad SMARTS) is 1. The smallest absolute Gasteiger partial charge is 0.102 e. The molecule has 0 radical (unpaired) electrons. The SMILES string of the molecule is CC(O)(C1CCCCC1)C(C(=O)[O-])C1CCCCC1.CC[N+](C)(CC)CCO.[Br-]. The maximum atomic E-state index is 11.6. The number of aliphatic hydroxyl groups is 2. The number of rotatable bonds is 8. The second kappa shape index (κ2) is 14.0. The normalized spacial score (nSPS) is 21.9. The number of carboxylic acids is 1. The molecule has 6 heteroatoms. The molecule has 0 amide bonds. The minimum absolute atomic E-state index is 0. The van der Waals surface area contributed by atoms with E-state index in [4.69, 9.17) is 5.11 Å². The third-order valence-corrected chi connectivity index (χ3v) is 7.60. The molecule has 0 aromatic rings. The highest BCUT2D eigenvalue weighted by molar-refractivity contribution is 5.69. The molecule has 5 nitrogen and oxygen atoms in total. The van der Waals surface area contributed by atoms with Gasteiger partial charge in [-0.25, -0.2) is 0 Å². The van der Waals surface area contributed by atoms with E-state index in [1.54, 1.807) is 6.92 Å². The Labute approximate surface area is 189 Å². The van der Waals surface area contributed by atoms with Gasteiger partial charge in [-0.15, -0.1) is 0 Å². The van der Waals surface area contributed by atoms with Crippen molar-refractivity contribution in [3.63, 3.8) is 0 Å². The Morgan fingerprint density at radius 2 is 1.48 bits per heavy atom. The van der Waals surface area contributed by atoms with Gasteiger partial charge in [0.15, 0.2) is 0 Å². The Hall–Kier alpha value is -0.170. The zero-order valence-corrected chi connectivity index (χ0v) is 20.8. The van der Waals surface area contributed by atoms with Crippen LogP contribution in [-0.2, 0) is 4.79 Å². The van der Waals surface area contributed by atoms with Gasteiger partial charge < -0.3 is 41.6 Å². The van der Waals surface area contributed by atoms with E-state index in [0.717, 1.165) is 75.5 Å². The summed E-state index contributed by atoms with van der Waals surface area (Å²) in [6.07, 6.45) is 10.6. The molecule has 174 valence electrons. The van der Waals surface area contributed by atoms with Crippen molar-refractivity contribution < 1.29 is 41.6 Å². The van der Waals surface area contributed by atoms with Crippen molar-refractivity contribution in [1.29, 1.82) is 0 Å². The van der Waals surface area contributed by atoms with E-state index >= 15 is 0 Å². The van der Waals surface area contributed by atoms with Gasteiger partial charge in [-0.2, -0.15) is 0 Å². The van der Waals surface area contributed by atoms with Crippen LogP contribution in [0.1, 0.15) is 85.0 Å². The molecule has 2 aliphatic carbocycles. The fraction of sp³-hybridized carbons (Fsp3) is 0.957. The number of likely N-dealkylation sites (N-methyl/N-ethyl adjacent to an activating group) is 1. The summed E-state index contributed by atoms with van der Waals surface area (Å²) in [7, 11) is 2.16. The van der Waals surface area contributed by atoms with Gasteiger partial charge in [-0.05, 0) is 58.3 Å². The van der Waals surface area contributed by atoms with Crippen LogP contribution in [0.2, 0.25) is 0 Å². The zero-order chi connectivity index (χ0) is 21.2. The quantitative estimate of drug-likeness (QED) is 0.470. The molecule has 2 saturated carbocycles. The lowest BCUT2D eigenvalue weighted by molar-refractivity contribution is -0.906. The Morgan fingerprint density at radius 1 is 1.03 bits per heavy atom. The highest BCUT2D eigenvalue weighted by Crippen LogP contribution is 2.43. The molecule has 2 rings (SSSR count). The summed E-state index contributed by atoms with van der Waals surface area (Å²) in [5.74, 6) is -1.49. The highest BCUT2D eigenvalue weighted by Gasteiger charge is 2.44. The van der Waals surface area contributed by atoms with Crippen LogP contribution in [0, 0.1) is 17.8 Å². The van der Waals surface area contributed by atoms with E-state index in [9.17, 15) is 15.0 Å². The third-order valence-electron chi connectivity index (χ3n) is 7.60. The molecule has 2 unspecified atom stereocenters. The van der Waals surface area contributed by atoms with E-state index in [0.29, 0.717) is 6.61 Å². The lowest BCUT2D eigenvalue weighted by Gasteiger charge is -2.46. The van der Waals surface area contributed by atoms with E-state index < -0.39 is 17.5 Å². The van der Waals surface area contributed by atoms with Crippen LogP contribution in [-0.4, -0.2) is 59.6 Å². The number of aliphatic carboxylic acids is 1. The van der Waals surface area contributed by atoms with Gasteiger partial charge in [-0.1, -0.05) is 38.5 Å². The number of halogens is 1. The number of hydrogen-bond acceptors (Lipinski definition) is 4. The van der Waals surface area contributed by atoms with Gasteiger partial charge in [0.25, 0.3) is 0 Å². The molecule has 0 aliphatic heterocycles. The molecule has 2 fully saturated rings. The molecule has 0 saturated heterocycles. The maximum Gasteiger partial charge on any atom is 0.102 e. The highest BCUT2D eigenvalue weighted by atomic mass is 79.9. The third kappa shape index (κ3) is 8.84. The average molecular weight is 480 g/mol. The molecule has 0 bridgehead atoms. The van der Waals surface area contributed by atoms with Crippen LogP contribution in [0.15, 0.2) is 0 Å². The Morgan fingerprint density at radius 3 is 1.83 bits per heavy atom. The first kappa shape index (κ1) is 28.8. The first-order chi connectivity index (χ1) is 13.2. The molecule has 0 aromatic carbocycles. The Balaban J connectivity index is 0.000000672. The number of carbonyl (C=O) groups excluding carboxylic acids is 1. The minimum atomic E-state index is -1.10. The van der Waals surface area contributed by atoms with E-state index in [1.807, 2.05) is 0 Å². The summed E-state index contributed by atoms with van der Waals surface area (Å²) in [4.78, 5) is 11.6. The molecular formula is C23H45BrNO4-. The zero-order valence-electron chi connectivity index (χ0n) is 19.2. The molecule has 29 heavy (non-hydrogen) atoms. The van der Waals surface area contributed by atoms with Gasteiger partial charge in [0.1, 0.15) is 6.54 Å². The predicted molar refractivity (Wildman–Crippen MR) is 111 cm³/mol. The van der Waals surface area contributed by atoms with E-state index in [-0.39, 0.29) is 28.8 Å². The molecular weight excluding hydrogens is 434 g/mol. The second-order valence-electron chi connectivity index (χ2n) is 9.45. The summed E-state index contributed by atoms with van der Waals surface area (Å²) < 4.78 is 0.983. The van der Waals surface area contributed by atoms with Crippen LogP contribution in [0.5, 0.6) is 0 Å². The summed E-state index contributed by atoms with van der Waals surface area (Å²) >= 11 is 0. The number of aliphatic hydroxyl groups excluding tert-OH is 1. The van der Waals surface area contributed by atoms with Crippen molar-refractivity contribution in [1.82, 2.24) is 0 Å². The van der Waals surface area contributed by atoms with Crippen molar-refractivity contribution >= 4 is 5.97 Å². The standard InChI is InChI=1S/C16H28O3.C7H18NO.BrH/c1-16(19,13-10-6-3-7-11-13)14(15(17)18)12-8-4-2-5-9-12;1-4-8(3,5-2)6-7-9;/h12-14,19H,2-11H2,1H3,(H,17,18);9H,4-7H2,1-3H3;1H/q;+1;/p-2. The van der Waals surface area contributed by atoms with E-state index in [2.05, 4.69) is 20.9 Å². The van der Waals surface area contributed by atoms with Crippen molar-refractivity contribution in [3.05, 3.63) is 0 Å². The fourth-order valence-electron chi connectivity index (χ4n) is 5.10. The molecule has 0 spiro atoms. The van der Waals surface area contributed by atoms with Gasteiger partial charge in [0, 0.05) is 11.9 Å². The van der Waals surface area contributed by atoms with Gasteiger partial charge in [0.05, 0.1) is 32.3 Å². The Kier molecular flexibility index (Phi) is 13.9. The summed E-state index contributed by atoms with van der Waals surface area (Å²) in [5.41, 5.74) is -1.10. The van der Waals surface area contributed by atoms with Crippen molar-refractivity contribution in [2.75, 3.05) is 33.3 Å². The first-order valence-corrected chi connectivity index (χ1v) is 11.6. The summed E-state index contributed by atoms with van der Waals surface area (Å²) in [6, 6.07) is 0. The maximum absolute atomic E-state index is 11.6. The van der Waals surface area contributed by atoms with E-state index in [1.165, 1.54) is 12.8 Å². The predicted octanol–water partition coefficient (Wildman–Crippen LogP) is -0.267. The number of hydrogen-bond donors (Lipinski definition) is 2. The van der Waals surface area contributed by atoms with Gasteiger partial charge >= 0.3 is 0 Å². The van der Waals surface area contributed by atoms with Gasteiger partial charge in [0.2, 0.25) is 0 Å². The van der Waals surface area contributed by atoms with Crippen LogP contribution in [0.4, 0.5) is 0 Å². The number of quaternary nitrogens is 1. The molecule has 2 aliphatic rings. The molecule has 2 atom stereocenters. The first-order valence-electron chi connectivity index (χ1n) is 11.6. The average Bonchev–Trinajstić information content (AvgIpc) is 2.69. The lowest BCUT2D eigenvalue weighted by atomic mass is 9.65. The van der Waals surface area contributed by atoms with Crippen molar-refractivity contribution in [2.24, 2.45) is 17.8 Å². The van der Waals surface area contributed by atoms with Crippen LogP contribution in [0.3, 0.4) is 0 Å². The van der Waals surface area contributed by atoms with Gasteiger partial charge in [-0.3, -0.25) is 0 Å². The monoisotopic (exact) mass is 478 g/mol. The topological polar surface area (TPSA) is 80.6 Å². The molecule has 2 N–H and O–H groups in total. The lowest BCUT2D eigenvalue weighted by Crippen LogP contribution is -3.00. The van der Waals surface area contributed by atoms with Crippen molar-refractivity contribution in [3.8, 4) is 0 Å². The van der Waals surface area contributed by atoms with Crippen molar-refractivity contribution in [2.45, 2.75) is 90.6 Å². The van der Waals surface area contributed by atoms with Crippen LogP contribution in [0.25, 0.3) is 0 Å². The minimum Gasteiger partial charge on any atom is -1.00 e. The van der Waals surface area contributed by atoms with Crippen LogP contribution >= 0.6 is 0 Å².